The minimum absolute atomic E-state index is 0.0110. The van der Waals surface area contributed by atoms with Crippen molar-refractivity contribution in [2.24, 2.45) is 10.4 Å². The second-order valence-corrected chi connectivity index (χ2v) is 7.00. The van der Waals surface area contributed by atoms with Crippen molar-refractivity contribution in [2.45, 2.75) is 71.3 Å². The van der Waals surface area contributed by atoms with Crippen LogP contribution >= 0.6 is 0 Å². The monoisotopic (exact) mass is 325 g/mol. The number of rotatable bonds is 9. The van der Waals surface area contributed by atoms with Crippen molar-refractivity contribution < 1.29 is 19.4 Å². The molecule has 0 spiro atoms. The van der Waals surface area contributed by atoms with E-state index in [4.69, 9.17) is 14.6 Å². The van der Waals surface area contributed by atoms with Crippen LogP contribution in [0, 0.1) is 5.41 Å². The van der Waals surface area contributed by atoms with E-state index in [0.717, 1.165) is 44.9 Å². The van der Waals surface area contributed by atoms with E-state index in [9.17, 15) is 4.79 Å². The Morgan fingerprint density at radius 3 is 2.61 bits per heavy atom. The number of allylic oxidation sites excluding steroid dienone is 1. The highest BCUT2D eigenvalue weighted by Crippen LogP contribution is 2.25. The summed E-state index contributed by atoms with van der Waals surface area (Å²) in [5.74, 6) is -1.02. The van der Waals surface area contributed by atoms with Crippen molar-refractivity contribution in [2.75, 3.05) is 13.2 Å². The minimum Gasteiger partial charge on any atom is -0.479 e. The summed E-state index contributed by atoms with van der Waals surface area (Å²) in [6, 6.07) is 0.191. The van der Waals surface area contributed by atoms with E-state index in [1.165, 1.54) is 6.42 Å². The lowest BCUT2D eigenvalue weighted by Gasteiger charge is -2.25. The maximum absolute atomic E-state index is 10.7. The summed E-state index contributed by atoms with van der Waals surface area (Å²) in [4.78, 5) is 15.2. The summed E-state index contributed by atoms with van der Waals surface area (Å²) < 4.78 is 11.0. The van der Waals surface area contributed by atoms with Crippen molar-refractivity contribution in [1.29, 1.82) is 0 Å². The van der Waals surface area contributed by atoms with Crippen LogP contribution in [-0.4, -0.2) is 36.4 Å². The lowest BCUT2D eigenvalue weighted by molar-refractivity contribution is -0.140. The number of nitrogens with zero attached hydrogens (tertiary/aromatic N) is 1. The molecular formula is C18H31NO4. The van der Waals surface area contributed by atoms with Crippen molar-refractivity contribution in [1.82, 2.24) is 0 Å². The number of ether oxygens (including phenoxy) is 2. The highest BCUT2D eigenvalue weighted by Gasteiger charge is 2.21. The lowest BCUT2D eigenvalue weighted by Crippen LogP contribution is -2.26. The first kappa shape index (κ1) is 19.5. The number of carboxylic acid groups (broad SMARTS) is 1. The van der Waals surface area contributed by atoms with Gasteiger partial charge in [-0.1, -0.05) is 39.2 Å². The predicted molar refractivity (Wildman–Crippen MR) is 91.7 cm³/mol. The van der Waals surface area contributed by atoms with Crippen LogP contribution in [-0.2, 0) is 14.3 Å². The molecule has 0 bridgehead atoms. The Bertz CT molecular complexity index is 398. The van der Waals surface area contributed by atoms with Gasteiger partial charge in [-0.15, -0.1) is 6.58 Å². The van der Waals surface area contributed by atoms with E-state index in [2.05, 4.69) is 25.4 Å². The normalized spacial score (nSPS) is 16.9. The first-order valence-electron chi connectivity index (χ1n) is 8.59. The number of unbranched alkanes of at least 4 members (excludes halogenated alkanes) is 1. The number of aliphatic imine (C=N–C) groups is 1. The summed E-state index contributed by atoms with van der Waals surface area (Å²) in [5, 5.41) is 8.79. The molecule has 0 heterocycles. The largest absolute Gasteiger partial charge is 0.479 e. The molecule has 0 aromatic carbocycles. The Labute approximate surface area is 139 Å². The van der Waals surface area contributed by atoms with Crippen molar-refractivity contribution in [3.8, 4) is 0 Å². The van der Waals surface area contributed by atoms with Crippen LogP contribution in [0.1, 0.15) is 65.2 Å². The topological polar surface area (TPSA) is 68.1 Å². The Hall–Kier alpha value is -1.52. The molecule has 0 amide bonds. The number of hydrogen-bond acceptors (Lipinski definition) is 4. The Kier molecular flexibility index (Phi) is 8.74. The number of hydrogen-bond donors (Lipinski definition) is 1. The first-order chi connectivity index (χ1) is 10.9. The molecule has 0 aliphatic heterocycles. The zero-order valence-electron chi connectivity index (χ0n) is 14.6. The molecule has 1 rings (SSSR count). The standard InChI is InChI=1S/C18H31NO4/c1-4-5-9-12-18(2,3)14-23-17(22-13-16(20)21)19-15-10-7-6-8-11-15/h4,15H,1,5-14H2,2-3H3,(H,20,21). The second kappa shape index (κ2) is 10.3. The molecule has 0 unspecified atom stereocenters. The average molecular weight is 325 g/mol. The van der Waals surface area contributed by atoms with E-state index in [1.807, 2.05) is 6.08 Å². The van der Waals surface area contributed by atoms with Gasteiger partial charge in [0.05, 0.1) is 12.6 Å². The third-order valence-electron chi connectivity index (χ3n) is 4.03. The molecule has 0 saturated heterocycles. The van der Waals surface area contributed by atoms with Gasteiger partial charge in [0.2, 0.25) is 0 Å². The van der Waals surface area contributed by atoms with Gasteiger partial charge in [0.15, 0.2) is 6.61 Å². The van der Waals surface area contributed by atoms with Crippen LogP contribution in [0.15, 0.2) is 17.6 Å². The molecular weight excluding hydrogens is 294 g/mol. The molecule has 1 aliphatic carbocycles. The second-order valence-electron chi connectivity index (χ2n) is 7.00. The fourth-order valence-electron chi connectivity index (χ4n) is 2.65. The van der Waals surface area contributed by atoms with Gasteiger partial charge in [-0.3, -0.25) is 0 Å². The fourth-order valence-corrected chi connectivity index (χ4v) is 2.65. The molecule has 132 valence electrons. The molecule has 23 heavy (non-hydrogen) atoms. The zero-order chi connectivity index (χ0) is 17.1. The van der Waals surface area contributed by atoms with Crippen LogP contribution < -0.4 is 0 Å². The molecule has 1 fully saturated rings. The molecule has 0 aromatic heterocycles. The summed E-state index contributed by atoms with van der Waals surface area (Å²) in [6.07, 6.45) is 10.7. The van der Waals surface area contributed by atoms with E-state index in [0.29, 0.717) is 6.61 Å². The van der Waals surface area contributed by atoms with Gasteiger partial charge in [-0.25, -0.2) is 9.79 Å². The Balaban J connectivity index is 2.55. The van der Waals surface area contributed by atoms with E-state index in [-0.39, 0.29) is 17.5 Å². The molecule has 1 N–H and O–H groups in total. The van der Waals surface area contributed by atoms with Crippen LogP contribution in [0.4, 0.5) is 0 Å². The van der Waals surface area contributed by atoms with E-state index < -0.39 is 12.6 Å². The number of carboxylic acids is 1. The van der Waals surface area contributed by atoms with E-state index >= 15 is 0 Å². The van der Waals surface area contributed by atoms with Gasteiger partial charge < -0.3 is 14.6 Å². The van der Waals surface area contributed by atoms with Gasteiger partial charge in [-0.05, 0) is 37.5 Å². The predicted octanol–water partition coefficient (Wildman–Crippen LogP) is 4.18. The van der Waals surface area contributed by atoms with Crippen LogP contribution in [0.2, 0.25) is 0 Å². The molecule has 1 aliphatic rings. The molecule has 1 saturated carbocycles. The smallest absolute Gasteiger partial charge is 0.384 e. The Morgan fingerprint density at radius 1 is 1.30 bits per heavy atom. The van der Waals surface area contributed by atoms with Crippen molar-refractivity contribution in [3.63, 3.8) is 0 Å². The summed E-state index contributed by atoms with van der Waals surface area (Å²) in [7, 11) is 0. The maximum Gasteiger partial charge on any atom is 0.384 e. The van der Waals surface area contributed by atoms with Crippen molar-refractivity contribution in [3.05, 3.63) is 12.7 Å². The van der Waals surface area contributed by atoms with Gasteiger partial charge >= 0.3 is 12.1 Å². The van der Waals surface area contributed by atoms with Crippen LogP contribution in [0.5, 0.6) is 0 Å². The van der Waals surface area contributed by atoms with Crippen molar-refractivity contribution >= 4 is 12.1 Å². The van der Waals surface area contributed by atoms with Crippen LogP contribution in [0.3, 0.4) is 0 Å². The Morgan fingerprint density at radius 2 is 2.00 bits per heavy atom. The fraction of sp³-hybridized carbons (Fsp3) is 0.778. The number of carbonyl (C=O) groups is 1. The van der Waals surface area contributed by atoms with Gasteiger partial charge in [0.25, 0.3) is 0 Å². The highest BCUT2D eigenvalue weighted by molar-refractivity contribution is 5.74. The first-order valence-corrected chi connectivity index (χ1v) is 8.59. The average Bonchev–Trinajstić information content (AvgIpc) is 2.51. The van der Waals surface area contributed by atoms with Gasteiger partial charge in [0, 0.05) is 0 Å². The summed E-state index contributed by atoms with van der Waals surface area (Å²) in [5.41, 5.74) is -0.0110. The molecule has 0 radical (unpaired) electrons. The number of aliphatic carboxylic acids is 1. The van der Waals surface area contributed by atoms with Gasteiger partial charge in [0.1, 0.15) is 0 Å². The van der Waals surface area contributed by atoms with E-state index in [1.54, 1.807) is 0 Å². The molecule has 0 aromatic rings. The summed E-state index contributed by atoms with van der Waals surface area (Å²) in [6.45, 7) is 8.05. The minimum atomic E-state index is -1.02. The van der Waals surface area contributed by atoms with Gasteiger partial charge in [-0.2, -0.15) is 0 Å². The lowest BCUT2D eigenvalue weighted by atomic mass is 9.88. The zero-order valence-corrected chi connectivity index (χ0v) is 14.6. The molecule has 5 heteroatoms. The third-order valence-corrected chi connectivity index (χ3v) is 4.03. The SMILES string of the molecule is C=CCCCC(C)(C)COC(=NC1CCCCC1)OCC(=O)O. The van der Waals surface area contributed by atoms with Crippen LogP contribution in [0.25, 0.3) is 0 Å². The molecule has 5 nitrogen and oxygen atoms in total. The molecule has 0 atom stereocenters. The highest BCUT2D eigenvalue weighted by atomic mass is 16.7. The third kappa shape index (κ3) is 9.26. The quantitative estimate of drug-likeness (QED) is 0.299. The maximum atomic E-state index is 10.7. The summed E-state index contributed by atoms with van der Waals surface area (Å²) >= 11 is 0.